The van der Waals surface area contributed by atoms with Crippen LogP contribution >= 0.6 is 27.7 Å². The molecule has 3 aliphatic heterocycles. The van der Waals surface area contributed by atoms with Gasteiger partial charge in [-0.25, -0.2) is 0 Å². The van der Waals surface area contributed by atoms with Crippen molar-refractivity contribution in [2.45, 2.75) is 22.6 Å². The first kappa shape index (κ1) is 16.9. The van der Waals surface area contributed by atoms with Crippen LogP contribution in [0.2, 0.25) is 0 Å². The fourth-order valence-electron chi connectivity index (χ4n) is 3.68. The van der Waals surface area contributed by atoms with Gasteiger partial charge in [0.1, 0.15) is 13.2 Å². The van der Waals surface area contributed by atoms with Crippen molar-refractivity contribution in [3.05, 3.63) is 40.9 Å². The summed E-state index contributed by atoms with van der Waals surface area (Å²) in [5, 5.41) is 2.98. The highest BCUT2D eigenvalue weighted by molar-refractivity contribution is 9.10. The van der Waals surface area contributed by atoms with Crippen LogP contribution in [-0.4, -0.2) is 29.9 Å². The third-order valence-electron chi connectivity index (χ3n) is 4.91. The third kappa shape index (κ3) is 2.54. The average molecular weight is 447 g/mol. The van der Waals surface area contributed by atoms with Crippen LogP contribution < -0.4 is 19.7 Å². The minimum atomic E-state index is -0.951. The zero-order chi connectivity index (χ0) is 18.6. The molecule has 2 amide bonds. The second-order valence-electron chi connectivity index (χ2n) is 6.51. The number of fused-ring (bicyclic) bond motifs is 4. The van der Waals surface area contributed by atoms with Crippen LogP contribution in [0.3, 0.4) is 0 Å². The summed E-state index contributed by atoms with van der Waals surface area (Å²) < 4.78 is 11.9. The smallest absolute Gasteiger partial charge is 0.261 e. The summed E-state index contributed by atoms with van der Waals surface area (Å²) in [5.41, 5.74) is 1.40. The van der Waals surface area contributed by atoms with E-state index >= 15 is 0 Å². The van der Waals surface area contributed by atoms with Gasteiger partial charge in [0, 0.05) is 27.9 Å². The second-order valence-corrected chi connectivity index (χ2v) is 8.69. The fourth-order valence-corrected chi connectivity index (χ4v) is 5.51. The first-order chi connectivity index (χ1) is 13.1. The lowest BCUT2D eigenvalue weighted by Gasteiger charge is -2.30. The number of rotatable bonds is 2. The topological polar surface area (TPSA) is 67.9 Å². The fraction of sp³-hybridized carbons (Fsp3) is 0.263. The highest BCUT2D eigenvalue weighted by Crippen LogP contribution is 2.56. The third-order valence-corrected chi connectivity index (χ3v) is 7.04. The van der Waals surface area contributed by atoms with Gasteiger partial charge >= 0.3 is 0 Å². The van der Waals surface area contributed by atoms with Gasteiger partial charge < -0.3 is 14.8 Å². The van der Waals surface area contributed by atoms with Crippen LogP contribution in [0.5, 0.6) is 11.5 Å². The summed E-state index contributed by atoms with van der Waals surface area (Å²) in [6.45, 7) is 0.972. The average Bonchev–Trinajstić information content (AvgIpc) is 3.18. The standard InChI is InChI=1S/C19H15BrN2O4S/c20-11-9-14-15(26-8-7-25-14)10-12(11)21-18(24)19-6-5-17(23)22(19)13-3-1-2-4-16(13)27-19/h1-4,9-10H,5-8H2,(H,21,24). The summed E-state index contributed by atoms with van der Waals surface area (Å²) in [5.74, 6) is 0.999. The largest absolute Gasteiger partial charge is 0.486 e. The first-order valence-corrected chi connectivity index (χ1v) is 10.2. The van der Waals surface area contributed by atoms with Crippen LogP contribution in [0.1, 0.15) is 12.8 Å². The molecule has 0 aliphatic carbocycles. The normalized spacial score (nSPS) is 22.4. The van der Waals surface area contributed by atoms with E-state index in [0.717, 1.165) is 10.6 Å². The highest BCUT2D eigenvalue weighted by Gasteiger charge is 2.57. The lowest BCUT2D eigenvalue weighted by Crippen LogP contribution is -2.49. The number of anilines is 2. The molecule has 6 nitrogen and oxygen atoms in total. The predicted octanol–water partition coefficient (Wildman–Crippen LogP) is 3.79. The number of nitrogens with zero attached hydrogens (tertiary/aromatic N) is 1. The molecule has 138 valence electrons. The molecule has 1 N–H and O–H groups in total. The van der Waals surface area contributed by atoms with Crippen molar-refractivity contribution < 1.29 is 19.1 Å². The molecule has 0 bridgehead atoms. The molecule has 1 unspecified atom stereocenters. The zero-order valence-corrected chi connectivity index (χ0v) is 16.6. The summed E-state index contributed by atoms with van der Waals surface area (Å²) in [7, 11) is 0. The lowest BCUT2D eigenvalue weighted by molar-refractivity contribution is -0.121. The van der Waals surface area contributed by atoms with E-state index in [-0.39, 0.29) is 11.8 Å². The molecule has 0 spiro atoms. The molecule has 8 heteroatoms. The number of carbonyl (C=O) groups excluding carboxylic acids is 2. The molecule has 5 rings (SSSR count). The Morgan fingerprint density at radius 2 is 1.93 bits per heavy atom. The van der Waals surface area contributed by atoms with Gasteiger partial charge in [-0.2, -0.15) is 0 Å². The number of nitrogens with one attached hydrogen (secondary N) is 1. The number of para-hydroxylation sites is 1. The number of benzene rings is 2. The number of thioether (sulfide) groups is 1. The Hall–Kier alpha value is -2.19. The molecule has 1 fully saturated rings. The van der Waals surface area contributed by atoms with Crippen molar-refractivity contribution in [3.8, 4) is 11.5 Å². The molecule has 0 radical (unpaired) electrons. The second kappa shape index (κ2) is 6.17. The van der Waals surface area contributed by atoms with Gasteiger partial charge in [0.15, 0.2) is 16.4 Å². The van der Waals surface area contributed by atoms with Crippen LogP contribution in [0, 0.1) is 0 Å². The van der Waals surface area contributed by atoms with Gasteiger partial charge in [0.05, 0.1) is 11.4 Å². The van der Waals surface area contributed by atoms with Crippen LogP contribution in [-0.2, 0) is 9.59 Å². The number of amides is 2. The molecule has 3 aliphatic rings. The van der Waals surface area contributed by atoms with Gasteiger partial charge in [0.2, 0.25) is 5.91 Å². The molecule has 27 heavy (non-hydrogen) atoms. The van der Waals surface area contributed by atoms with Crippen LogP contribution in [0.4, 0.5) is 11.4 Å². The molecule has 0 aromatic heterocycles. The van der Waals surface area contributed by atoms with E-state index in [1.165, 1.54) is 11.8 Å². The van der Waals surface area contributed by atoms with Crippen molar-refractivity contribution in [2.75, 3.05) is 23.4 Å². The van der Waals surface area contributed by atoms with Gasteiger partial charge in [-0.1, -0.05) is 23.9 Å². The number of hydrogen-bond donors (Lipinski definition) is 1. The van der Waals surface area contributed by atoms with Crippen molar-refractivity contribution in [1.29, 1.82) is 0 Å². The Bertz CT molecular complexity index is 982. The van der Waals surface area contributed by atoms with Gasteiger partial charge in [-0.3, -0.25) is 14.5 Å². The molecule has 2 aromatic carbocycles. The molecule has 3 heterocycles. The van der Waals surface area contributed by atoms with E-state index in [1.807, 2.05) is 24.3 Å². The summed E-state index contributed by atoms with van der Waals surface area (Å²) in [6, 6.07) is 11.2. The van der Waals surface area contributed by atoms with Crippen LogP contribution in [0.15, 0.2) is 45.8 Å². The van der Waals surface area contributed by atoms with Crippen LogP contribution in [0.25, 0.3) is 0 Å². The molecule has 1 atom stereocenters. The summed E-state index contributed by atoms with van der Waals surface area (Å²) in [4.78, 5) is 27.5. The minimum absolute atomic E-state index is 0.0242. The molecule has 1 saturated heterocycles. The van der Waals surface area contributed by atoms with E-state index in [0.29, 0.717) is 47.7 Å². The van der Waals surface area contributed by atoms with E-state index < -0.39 is 4.87 Å². The van der Waals surface area contributed by atoms with E-state index in [1.54, 1.807) is 17.0 Å². The van der Waals surface area contributed by atoms with E-state index in [4.69, 9.17) is 9.47 Å². The number of hydrogen-bond acceptors (Lipinski definition) is 5. The highest BCUT2D eigenvalue weighted by atomic mass is 79.9. The first-order valence-electron chi connectivity index (χ1n) is 8.60. The van der Waals surface area contributed by atoms with E-state index in [2.05, 4.69) is 21.2 Å². The molecular weight excluding hydrogens is 432 g/mol. The van der Waals surface area contributed by atoms with Gasteiger partial charge in [0.25, 0.3) is 5.91 Å². The number of halogens is 1. The van der Waals surface area contributed by atoms with Crippen molar-refractivity contribution >= 4 is 50.9 Å². The Morgan fingerprint density at radius 1 is 1.19 bits per heavy atom. The maximum Gasteiger partial charge on any atom is 0.261 e. The predicted molar refractivity (Wildman–Crippen MR) is 106 cm³/mol. The monoisotopic (exact) mass is 446 g/mol. The Labute approximate surface area is 168 Å². The van der Waals surface area contributed by atoms with Crippen molar-refractivity contribution in [1.82, 2.24) is 0 Å². The summed E-state index contributed by atoms with van der Waals surface area (Å²) >= 11 is 4.93. The Balaban J connectivity index is 1.49. The molecular formula is C19H15BrN2O4S. The summed E-state index contributed by atoms with van der Waals surface area (Å²) in [6.07, 6.45) is 0.830. The SMILES string of the molecule is O=C1CCC2(C(=O)Nc3cc4c(cc3Br)OCCO4)Sc3ccccc3N12. The maximum atomic E-state index is 13.3. The molecule has 0 saturated carbocycles. The number of ether oxygens (including phenoxy) is 2. The maximum absolute atomic E-state index is 13.3. The van der Waals surface area contributed by atoms with Gasteiger partial charge in [-0.05, 0) is 34.5 Å². The Morgan fingerprint density at radius 3 is 2.74 bits per heavy atom. The minimum Gasteiger partial charge on any atom is -0.486 e. The quantitative estimate of drug-likeness (QED) is 0.759. The number of carbonyl (C=O) groups is 2. The van der Waals surface area contributed by atoms with Crippen molar-refractivity contribution in [2.24, 2.45) is 0 Å². The zero-order valence-electron chi connectivity index (χ0n) is 14.2. The van der Waals surface area contributed by atoms with Gasteiger partial charge in [-0.15, -0.1) is 0 Å². The van der Waals surface area contributed by atoms with Crippen molar-refractivity contribution in [3.63, 3.8) is 0 Å². The lowest BCUT2D eigenvalue weighted by atomic mass is 10.1. The molecule has 2 aromatic rings. The Kier molecular flexibility index (Phi) is 3.87. The van der Waals surface area contributed by atoms with E-state index in [9.17, 15) is 9.59 Å².